The van der Waals surface area contributed by atoms with Crippen LogP contribution in [0.5, 0.6) is 0 Å². The Hall–Kier alpha value is -1.79. The molecule has 1 rings (SSSR count). The number of nitrogens with one attached hydrogen (secondary N) is 1. The zero-order chi connectivity index (χ0) is 15.7. The van der Waals surface area contributed by atoms with Gasteiger partial charge in [0, 0.05) is 27.2 Å². The van der Waals surface area contributed by atoms with Crippen molar-refractivity contribution in [1.29, 1.82) is 0 Å². The Labute approximate surface area is 118 Å². The van der Waals surface area contributed by atoms with Crippen molar-refractivity contribution in [2.45, 2.75) is 32.7 Å². The third-order valence-corrected chi connectivity index (χ3v) is 4.17. The second-order valence-electron chi connectivity index (χ2n) is 6.02. The number of carboxylic acid groups (broad SMARTS) is 1. The van der Waals surface area contributed by atoms with Gasteiger partial charge in [0.05, 0.1) is 5.41 Å². The topological polar surface area (TPSA) is 90.0 Å². The van der Waals surface area contributed by atoms with E-state index < -0.39 is 16.9 Å². The number of hydrogen-bond acceptors (Lipinski definition) is 3. The fourth-order valence-electron chi connectivity index (χ4n) is 2.21. The highest BCUT2D eigenvalue weighted by molar-refractivity contribution is 5.87. The van der Waals surface area contributed by atoms with Crippen molar-refractivity contribution in [3.05, 3.63) is 0 Å². The molecular formula is C13H23N3O4. The molecule has 0 saturated carbocycles. The van der Waals surface area contributed by atoms with Crippen molar-refractivity contribution in [3.8, 4) is 0 Å². The van der Waals surface area contributed by atoms with Crippen molar-refractivity contribution in [1.82, 2.24) is 15.1 Å². The summed E-state index contributed by atoms with van der Waals surface area (Å²) in [7, 11) is 3.03. The van der Waals surface area contributed by atoms with Crippen molar-refractivity contribution < 1.29 is 19.5 Å². The van der Waals surface area contributed by atoms with Gasteiger partial charge in [-0.2, -0.15) is 0 Å². The van der Waals surface area contributed by atoms with Crippen LogP contribution >= 0.6 is 0 Å². The minimum absolute atomic E-state index is 0.104. The van der Waals surface area contributed by atoms with Crippen LogP contribution in [-0.2, 0) is 9.59 Å². The molecule has 7 nitrogen and oxygen atoms in total. The smallest absolute Gasteiger partial charge is 0.329 e. The summed E-state index contributed by atoms with van der Waals surface area (Å²) in [4.78, 5) is 38.1. The van der Waals surface area contributed by atoms with Gasteiger partial charge in [0.1, 0.15) is 5.54 Å². The third kappa shape index (κ3) is 2.71. The van der Waals surface area contributed by atoms with Crippen LogP contribution in [0.3, 0.4) is 0 Å². The summed E-state index contributed by atoms with van der Waals surface area (Å²) in [5.74, 6) is -1.17. The summed E-state index contributed by atoms with van der Waals surface area (Å²) in [5, 5.41) is 11.8. The van der Waals surface area contributed by atoms with Gasteiger partial charge in [-0.1, -0.05) is 0 Å². The lowest BCUT2D eigenvalue weighted by atomic mass is 9.89. The van der Waals surface area contributed by atoms with Gasteiger partial charge in [0.15, 0.2) is 0 Å². The maximum Gasteiger partial charge on any atom is 0.329 e. The molecule has 0 radical (unpaired) electrons. The largest absolute Gasteiger partial charge is 0.480 e. The second-order valence-corrected chi connectivity index (χ2v) is 6.02. The van der Waals surface area contributed by atoms with E-state index in [1.54, 1.807) is 14.0 Å². The molecule has 0 aromatic rings. The number of carboxylic acids is 1. The molecule has 1 heterocycles. The summed E-state index contributed by atoms with van der Waals surface area (Å²) in [6.45, 7) is 5.50. The molecule has 1 unspecified atom stereocenters. The number of urea groups is 1. The molecule has 1 aliphatic rings. The Morgan fingerprint density at radius 2 is 1.90 bits per heavy atom. The third-order valence-electron chi connectivity index (χ3n) is 4.17. The molecule has 3 amide bonds. The minimum atomic E-state index is -1.29. The predicted molar refractivity (Wildman–Crippen MR) is 73.2 cm³/mol. The maximum absolute atomic E-state index is 12.4. The average molecular weight is 285 g/mol. The summed E-state index contributed by atoms with van der Waals surface area (Å²) >= 11 is 0. The van der Waals surface area contributed by atoms with E-state index in [4.69, 9.17) is 5.11 Å². The normalized spacial score (nSPS) is 22.6. The van der Waals surface area contributed by atoms with Gasteiger partial charge in [-0.15, -0.1) is 0 Å². The molecule has 0 aliphatic carbocycles. The van der Waals surface area contributed by atoms with Crippen molar-refractivity contribution in [2.24, 2.45) is 5.41 Å². The Morgan fingerprint density at radius 1 is 1.35 bits per heavy atom. The molecule has 1 atom stereocenters. The second kappa shape index (κ2) is 5.30. The van der Waals surface area contributed by atoms with Crippen LogP contribution in [0.25, 0.3) is 0 Å². The highest BCUT2D eigenvalue weighted by Crippen LogP contribution is 2.31. The van der Waals surface area contributed by atoms with E-state index in [0.717, 1.165) is 0 Å². The lowest BCUT2D eigenvalue weighted by molar-refractivity contribution is -0.147. The van der Waals surface area contributed by atoms with Crippen molar-refractivity contribution in [2.75, 3.05) is 27.2 Å². The predicted octanol–water partition coefficient (Wildman–Crippen LogP) is 0.359. The molecule has 0 spiro atoms. The molecule has 1 fully saturated rings. The molecule has 20 heavy (non-hydrogen) atoms. The Morgan fingerprint density at radius 3 is 2.35 bits per heavy atom. The fraction of sp³-hybridized carbons (Fsp3) is 0.769. The molecular weight excluding hydrogens is 262 g/mol. The van der Waals surface area contributed by atoms with Crippen LogP contribution in [0.15, 0.2) is 0 Å². The summed E-state index contributed by atoms with van der Waals surface area (Å²) in [6, 6.07) is -0.370. The molecule has 114 valence electrons. The average Bonchev–Trinajstić information content (AvgIpc) is 2.79. The van der Waals surface area contributed by atoms with Gasteiger partial charge in [-0.3, -0.25) is 4.79 Å². The lowest BCUT2D eigenvalue weighted by Crippen LogP contribution is -2.55. The van der Waals surface area contributed by atoms with E-state index in [-0.39, 0.29) is 11.9 Å². The number of aliphatic carboxylic acids is 1. The summed E-state index contributed by atoms with van der Waals surface area (Å²) in [5.41, 5.74) is -1.90. The Bertz CT molecular complexity index is 435. The first-order valence-electron chi connectivity index (χ1n) is 6.54. The van der Waals surface area contributed by atoms with Crippen molar-refractivity contribution >= 4 is 17.9 Å². The van der Waals surface area contributed by atoms with E-state index in [2.05, 4.69) is 5.32 Å². The van der Waals surface area contributed by atoms with Crippen LogP contribution in [0.4, 0.5) is 4.79 Å². The lowest BCUT2D eigenvalue weighted by Gasteiger charge is -2.35. The van der Waals surface area contributed by atoms with Crippen LogP contribution in [-0.4, -0.2) is 65.5 Å². The fourth-order valence-corrected chi connectivity index (χ4v) is 2.21. The van der Waals surface area contributed by atoms with Crippen LogP contribution < -0.4 is 5.32 Å². The van der Waals surface area contributed by atoms with Crippen LogP contribution in [0, 0.1) is 5.41 Å². The maximum atomic E-state index is 12.4. The highest BCUT2D eigenvalue weighted by Gasteiger charge is 2.44. The first-order chi connectivity index (χ1) is 9.06. The van der Waals surface area contributed by atoms with Crippen molar-refractivity contribution in [3.63, 3.8) is 0 Å². The zero-order valence-electron chi connectivity index (χ0n) is 12.7. The van der Waals surface area contributed by atoms with Crippen LogP contribution in [0.2, 0.25) is 0 Å². The Kier molecular flexibility index (Phi) is 4.31. The van der Waals surface area contributed by atoms with Gasteiger partial charge in [0.25, 0.3) is 0 Å². The number of likely N-dealkylation sites (N-methyl/N-ethyl adjacent to an activating group) is 1. The number of carbonyl (C=O) groups excluding carboxylic acids is 2. The highest BCUT2D eigenvalue weighted by atomic mass is 16.4. The number of nitrogens with zero attached hydrogens (tertiary/aromatic N) is 2. The number of rotatable bonds is 3. The van der Waals surface area contributed by atoms with Gasteiger partial charge in [-0.25, -0.2) is 9.59 Å². The first kappa shape index (κ1) is 16.3. The number of amides is 3. The van der Waals surface area contributed by atoms with E-state index in [0.29, 0.717) is 19.5 Å². The zero-order valence-corrected chi connectivity index (χ0v) is 12.7. The minimum Gasteiger partial charge on any atom is -0.480 e. The van der Waals surface area contributed by atoms with E-state index in [1.165, 1.54) is 30.7 Å². The molecule has 1 aliphatic heterocycles. The summed E-state index contributed by atoms with van der Waals surface area (Å²) < 4.78 is 0. The van der Waals surface area contributed by atoms with Gasteiger partial charge < -0.3 is 20.2 Å². The standard InChI is InChI=1S/C13H23N3O4/c1-12(2,10(18)19)15(5)11(20)16-7-6-13(3,8-16)9(17)14-4/h6-8H2,1-5H3,(H,14,17)(H,18,19). The van der Waals surface area contributed by atoms with E-state index in [9.17, 15) is 14.4 Å². The molecule has 0 bridgehead atoms. The molecule has 7 heteroatoms. The van der Waals surface area contributed by atoms with Crippen LogP contribution in [0.1, 0.15) is 27.2 Å². The molecule has 2 N–H and O–H groups in total. The monoisotopic (exact) mass is 285 g/mol. The van der Waals surface area contributed by atoms with E-state index >= 15 is 0 Å². The number of likely N-dealkylation sites (tertiary alicyclic amines) is 1. The quantitative estimate of drug-likeness (QED) is 0.783. The van der Waals surface area contributed by atoms with E-state index in [1.807, 2.05) is 0 Å². The number of hydrogen-bond donors (Lipinski definition) is 2. The number of carbonyl (C=O) groups is 3. The Balaban J connectivity index is 2.82. The molecule has 0 aromatic heterocycles. The van der Waals surface area contributed by atoms with Gasteiger partial charge in [-0.05, 0) is 27.2 Å². The SMILES string of the molecule is CNC(=O)C1(C)CCN(C(=O)N(C)C(C)(C)C(=O)O)C1. The molecule has 0 aromatic carbocycles. The molecule has 1 saturated heterocycles. The summed E-state index contributed by atoms with van der Waals surface area (Å²) in [6.07, 6.45) is 0.569. The first-order valence-corrected chi connectivity index (χ1v) is 6.54. The van der Waals surface area contributed by atoms with Gasteiger partial charge >= 0.3 is 12.0 Å². The van der Waals surface area contributed by atoms with Gasteiger partial charge in [0.2, 0.25) is 5.91 Å².